The van der Waals surface area contributed by atoms with Crippen molar-refractivity contribution in [2.24, 2.45) is 0 Å². The van der Waals surface area contributed by atoms with Crippen LogP contribution in [-0.2, 0) is 4.74 Å². The van der Waals surface area contributed by atoms with E-state index in [0.29, 0.717) is 10.9 Å². The Bertz CT molecular complexity index is 681. The van der Waals surface area contributed by atoms with Crippen LogP contribution in [0.2, 0.25) is 0 Å². The van der Waals surface area contributed by atoms with E-state index in [4.69, 9.17) is 17.0 Å². The van der Waals surface area contributed by atoms with Crippen molar-refractivity contribution in [2.75, 3.05) is 6.61 Å². The Balaban J connectivity index is 2.73. The molecule has 0 aliphatic heterocycles. The van der Waals surface area contributed by atoms with E-state index < -0.39 is 11.8 Å². The van der Waals surface area contributed by atoms with Gasteiger partial charge in [-0.1, -0.05) is 12.2 Å². The molecule has 0 atom stereocenters. The smallest absolute Gasteiger partial charge is 0.344 e. The molecule has 18 heavy (non-hydrogen) atoms. The molecule has 0 fully saturated rings. The molecule has 0 aliphatic carbocycles. The van der Waals surface area contributed by atoms with Gasteiger partial charge in [-0.2, -0.15) is 0 Å². The van der Waals surface area contributed by atoms with Gasteiger partial charge in [0.2, 0.25) is 0 Å². The van der Waals surface area contributed by atoms with Crippen molar-refractivity contribution in [2.45, 2.75) is 6.92 Å². The van der Waals surface area contributed by atoms with Crippen LogP contribution in [0.4, 0.5) is 4.39 Å². The van der Waals surface area contributed by atoms with Crippen molar-refractivity contribution in [1.82, 2.24) is 4.98 Å². The Kier molecular flexibility index (Phi) is 3.29. The maximum atomic E-state index is 13.1. The van der Waals surface area contributed by atoms with Gasteiger partial charge in [-0.15, -0.1) is 0 Å². The second kappa shape index (κ2) is 4.73. The Morgan fingerprint density at radius 2 is 2.28 bits per heavy atom. The fraction of sp³-hybridized carbons (Fsp3) is 0.167. The highest BCUT2D eigenvalue weighted by Gasteiger charge is 2.18. The molecule has 0 saturated heterocycles. The third-order valence-electron chi connectivity index (χ3n) is 2.43. The molecule has 1 heterocycles. The molecule has 0 aliphatic rings. The zero-order chi connectivity index (χ0) is 13.3. The number of hydrogen-bond acceptors (Lipinski definition) is 4. The van der Waals surface area contributed by atoms with E-state index in [1.54, 1.807) is 6.92 Å². The van der Waals surface area contributed by atoms with Crippen molar-refractivity contribution in [3.8, 4) is 5.75 Å². The van der Waals surface area contributed by atoms with Crippen molar-refractivity contribution in [3.05, 3.63) is 34.2 Å². The normalized spacial score (nSPS) is 10.6. The molecule has 0 amide bonds. The summed E-state index contributed by atoms with van der Waals surface area (Å²) in [6.07, 6.45) is 0. The number of hydrogen-bond donors (Lipinski definition) is 2. The average Bonchev–Trinajstić information content (AvgIpc) is 2.28. The van der Waals surface area contributed by atoms with E-state index in [2.05, 4.69) is 4.98 Å². The zero-order valence-electron chi connectivity index (χ0n) is 9.49. The number of carbonyl (C=O) groups excluding carboxylic acids is 1. The van der Waals surface area contributed by atoms with Gasteiger partial charge in [-0.25, -0.2) is 9.18 Å². The van der Waals surface area contributed by atoms with Crippen molar-refractivity contribution < 1.29 is 19.0 Å². The number of carbonyl (C=O) groups is 1. The summed E-state index contributed by atoms with van der Waals surface area (Å²) in [7, 11) is 0. The molecule has 0 saturated carbocycles. The molecule has 0 radical (unpaired) electrons. The molecule has 6 heteroatoms. The summed E-state index contributed by atoms with van der Waals surface area (Å²) in [4.78, 5) is 14.3. The van der Waals surface area contributed by atoms with E-state index in [-0.39, 0.29) is 22.6 Å². The maximum absolute atomic E-state index is 13.1. The molecular weight excluding hydrogens is 257 g/mol. The highest BCUT2D eigenvalue weighted by Crippen LogP contribution is 2.29. The first-order valence-corrected chi connectivity index (χ1v) is 5.67. The highest BCUT2D eigenvalue weighted by molar-refractivity contribution is 7.71. The number of pyridine rings is 1. The number of nitrogens with one attached hydrogen (secondary N) is 1. The molecule has 0 spiro atoms. The van der Waals surface area contributed by atoms with Crippen LogP contribution >= 0.6 is 12.2 Å². The van der Waals surface area contributed by atoms with Gasteiger partial charge in [0.15, 0.2) is 0 Å². The van der Waals surface area contributed by atoms with Crippen LogP contribution in [0.25, 0.3) is 10.9 Å². The summed E-state index contributed by atoms with van der Waals surface area (Å²) >= 11 is 4.96. The number of aromatic hydroxyl groups is 1. The summed E-state index contributed by atoms with van der Waals surface area (Å²) in [6.45, 7) is 1.83. The lowest BCUT2D eigenvalue weighted by Gasteiger charge is -2.08. The van der Waals surface area contributed by atoms with Gasteiger partial charge in [0.1, 0.15) is 21.8 Å². The number of aromatic nitrogens is 1. The van der Waals surface area contributed by atoms with Crippen LogP contribution in [0.15, 0.2) is 18.2 Å². The van der Waals surface area contributed by atoms with Crippen molar-refractivity contribution in [3.63, 3.8) is 0 Å². The summed E-state index contributed by atoms with van der Waals surface area (Å²) < 4.78 is 17.9. The molecule has 2 rings (SSSR count). The van der Waals surface area contributed by atoms with Gasteiger partial charge in [-0.3, -0.25) is 0 Å². The van der Waals surface area contributed by atoms with E-state index >= 15 is 0 Å². The predicted molar refractivity (Wildman–Crippen MR) is 66.7 cm³/mol. The molecule has 4 nitrogen and oxygen atoms in total. The minimum Gasteiger partial charge on any atom is -0.506 e. The quantitative estimate of drug-likeness (QED) is 0.648. The Hall–Kier alpha value is -1.95. The van der Waals surface area contributed by atoms with Crippen LogP contribution in [-0.4, -0.2) is 22.7 Å². The highest BCUT2D eigenvalue weighted by atomic mass is 32.1. The van der Waals surface area contributed by atoms with E-state index in [0.717, 1.165) is 0 Å². The minimum atomic E-state index is -0.706. The largest absolute Gasteiger partial charge is 0.506 e. The number of ether oxygens (including phenoxy) is 1. The number of rotatable bonds is 2. The summed E-state index contributed by atoms with van der Waals surface area (Å²) in [5.74, 6) is -1.47. The number of H-pyrrole nitrogens is 1. The van der Waals surface area contributed by atoms with Crippen LogP contribution in [0, 0.1) is 10.5 Å². The molecular formula is C12H10FNO3S. The number of benzene rings is 1. The lowest BCUT2D eigenvalue weighted by atomic mass is 10.1. The standard InChI is InChI=1S/C12H10FNO3S/c1-2-17-12(16)9-10(15)7-4-3-6(13)5-8(7)14-11(9)18/h3-5H,2H2,1H3,(H2,14,15,18). The predicted octanol–water partition coefficient (Wildman–Crippen LogP) is 2.92. The number of esters is 1. The molecule has 1 aromatic heterocycles. The van der Waals surface area contributed by atoms with Gasteiger partial charge in [0.25, 0.3) is 0 Å². The second-order valence-corrected chi connectivity index (χ2v) is 4.00. The van der Waals surface area contributed by atoms with Gasteiger partial charge in [-0.05, 0) is 25.1 Å². The maximum Gasteiger partial charge on any atom is 0.344 e. The molecule has 0 unspecified atom stereocenters. The lowest BCUT2D eigenvalue weighted by Crippen LogP contribution is -2.07. The molecule has 0 bridgehead atoms. The van der Waals surface area contributed by atoms with Crippen LogP contribution in [0.1, 0.15) is 17.3 Å². The number of fused-ring (bicyclic) bond motifs is 1. The third kappa shape index (κ3) is 2.06. The molecule has 2 aromatic rings. The van der Waals surface area contributed by atoms with Crippen molar-refractivity contribution in [1.29, 1.82) is 0 Å². The Morgan fingerprint density at radius 3 is 2.94 bits per heavy atom. The summed E-state index contributed by atoms with van der Waals surface area (Å²) in [5.41, 5.74) is 0.219. The first-order valence-electron chi connectivity index (χ1n) is 5.26. The average molecular weight is 267 g/mol. The first kappa shape index (κ1) is 12.5. The van der Waals surface area contributed by atoms with Crippen LogP contribution in [0.5, 0.6) is 5.75 Å². The van der Waals surface area contributed by atoms with E-state index in [1.807, 2.05) is 0 Å². The first-order chi connectivity index (χ1) is 8.54. The van der Waals surface area contributed by atoms with Gasteiger partial charge in [0, 0.05) is 5.39 Å². The molecule has 2 N–H and O–H groups in total. The second-order valence-electron chi connectivity index (χ2n) is 3.59. The third-order valence-corrected chi connectivity index (χ3v) is 2.73. The van der Waals surface area contributed by atoms with E-state index in [1.165, 1.54) is 18.2 Å². The van der Waals surface area contributed by atoms with Gasteiger partial charge in [0.05, 0.1) is 12.1 Å². The Labute approximate surface area is 107 Å². The molecule has 1 aromatic carbocycles. The van der Waals surface area contributed by atoms with Crippen LogP contribution < -0.4 is 0 Å². The van der Waals surface area contributed by atoms with Gasteiger partial charge < -0.3 is 14.8 Å². The SMILES string of the molecule is CCOC(=O)c1c(O)c2ccc(F)cc2[nH]c1=S. The van der Waals surface area contributed by atoms with E-state index in [9.17, 15) is 14.3 Å². The number of halogens is 1. The van der Waals surface area contributed by atoms with Gasteiger partial charge >= 0.3 is 5.97 Å². The topological polar surface area (TPSA) is 62.3 Å². The van der Waals surface area contributed by atoms with Crippen molar-refractivity contribution >= 4 is 29.1 Å². The Morgan fingerprint density at radius 1 is 1.56 bits per heavy atom. The van der Waals surface area contributed by atoms with Crippen LogP contribution in [0.3, 0.4) is 0 Å². The zero-order valence-corrected chi connectivity index (χ0v) is 10.3. The monoisotopic (exact) mass is 267 g/mol. The molecule has 94 valence electrons. The fourth-order valence-corrected chi connectivity index (χ4v) is 1.94. The fourth-order valence-electron chi connectivity index (χ4n) is 1.65. The lowest BCUT2D eigenvalue weighted by molar-refractivity contribution is 0.0522. The minimum absolute atomic E-state index is 0.0176. The summed E-state index contributed by atoms with van der Waals surface area (Å²) in [5, 5.41) is 10.3. The summed E-state index contributed by atoms with van der Waals surface area (Å²) in [6, 6.07) is 3.75. The number of aromatic amines is 1.